The molecule has 1 fully saturated rings. The van der Waals surface area contributed by atoms with Crippen molar-refractivity contribution < 1.29 is 14.3 Å². The van der Waals surface area contributed by atoms with E-state index in [9.17, 15) is 4.79 Å². The molecule has 1 heterocycles. The zero-order chi connectivity index (χ0) is 19.9. The van der Waals surface area contributed by atoms with Crippen LogP contribution in [0.2, 0.25) is 5.02 Å². The van der Waals surface area contributed by atoms with Crippen molar-refractivity contribution in [2.75, 3.05) is 38.7 Å². The molecule has 3 rings (SSSR count). The predicted octanol–water partition coefficient (Wildman–Crippen LogP) is 3.31. The number of methoxy groups -OCH3 is 1. The number of thiocarbonyl (C=S) groups is 1. The highest BCUT2D eigenvalue weighted by Crippen LogP contribution is 2.22. The molecule has 148 valence electrons. The number of carbonyl (C=O) groups excluding carboxylic acids is 1. The van der Waals surface area contributed by atoms with Gasteiger partial charge in [-0.1, -0.05) is 23.7 Å². The van der Waals surface area contributed by atoms with E-state index in [-0.39, 0.29) is 11.0 Å². The zero-order valence-corrected chi connectivity index (χ0v) is 17.1. The number of amides is 1. The van der Waals surface area contributed by atoms with Crippen LogP contribution < -0.4 is 15.4 Å². The van der Waals surface area contributed by atoms with Crippen LogP contribution in [0.4, 0.5) is 5.69 Å². The second kappa shape index (κ2) is 9.84. The summed E-state index contributed by atoms with van der Waals surface area (Å²) >= 11 is 11.2. The first-order valence-electron chi connectivity index (χ1n) is 8.90. The van der Waals surface area contributed by atoms with E-state index in [0.717, 1.165) is 38.5 Å². The molecule has 0 saturated carbocycles. The maximum atomic E-state index is 12.5. The minimum atomic E-state index is -0.388. The summed E-state index contributed by atoms with van der Waals surface area (Å²) in [5, 5.41) is 6.31. The van der Waals surface area contributed by atoms with E-state index in [1.807, 2.05) is 24.3 Å². The molecule has 0 bridgehead atoms. The number of morpholine rings is 1. The molecule has 1 saturated heterocycles. The van der Waals surface area contributed by atoms with E-state index < -0.39 is 0 Å². The second-order valence-corrected chi connectivity index (χ2v) is 7.18. The Balaban J connectivity index is 1.55. The van der Waals surface area contributed by atoms with Crippen LogP contribution in [0.1, 0.15) is 15.9 Å². The van der Waals surface area contributed by atoms with Crippen molar-refractivity contribution >= 4 is 40.5 Å². The summed E-state index contributed by atoms with van der Waals surface area (Å²) in [7, 11) is 1.50. The number of rotatable bonds is 5. The van der Waals surface area contributed by atoms with E-state index in [4.69, 9.17) is 33.3 Å². The summed E-state index contributed by atoms with van der Waals surface area (Å²) in [6, 6.07) is 12.8. The van der Waals surface area contributed by atoms with Crippen LogP contribution in [-0.2, 0) is 11.3 Å². The van der Waals surface area contributed by atoms with Crippen LogP contribution in [0.5, 0.6) is 5.75 Å². The molecule has 1 aliphatic rings. The Morgan fingerprint density at radius 3 is 2.61 bits per heavy atom. The Kier molecular flexibility index (Phi) is 7.22. The number of anilines is 1. The van der Waals surface area contributed by atoms with Gasteiger partial charge in [0.05, 0.1) is 25.9 Å². The largest absolute Gasteiger partial charge is 0.496 e. The third-order valence-electron chi connectivity index (χ3n) is 4.35. The van der Waals surface area contributed by atoms with Gasteiger partial charge >= 0.3 is 0 Å². The zero-order valence-electron chi connectivity index (χ0n) is 15.5. The minimum absolute atomic E-state index is 0.202. The lowest BCUT2D eigenvalue weighted by molar-refractivity contribution is 0.0342. The van der Waals surface area contributed by atoms with Gasteiger partial charge in [0, 0.05) is 30.3 Å². The summed E-state index contributed by atoms with van der Waals surface area (Å²) in [4.78, 5) is 14.8. The third-order valence-corrected chi connectivity index (χ3v) is 4.79. The molecule has 0 radical (unpaired) electrons. The normalized spacial score (nSPS) is 14.4. The Morgan fingerprint density at radius 2 is 1.93 bits per heavy atom. The van der Waals surface area contributed by atoms with Crippen molar-refractivity contribution in [2.45, 2.75) is 6.54 Å². The molecular formula is C20H22ClN3O3S. The predicted molar refractivity (Wildman–Crippen MR) is 114 cm³/mol. The number of benzene rings is 2. The molecule has 6 nitrogen and oxygen atoms in total. The van der Waals surface area contributed by atoms with Gasteiger partial charge in [-0.15, -0.1) is 0 Å². The van der Waals surface area contributed by atoms with Crippen LogP contribution in [0.3, 0.4) is 0 Å². The van der Waals surface area contributed by atoms with Crippen LogP contribution in [0.15, 0.2) is 42.5 Å². The molecule has 2 aromatic rings. The first-order chi connectivity index (χ1) is 13.5. The highest BCUT2D eigenvalue weighted by atomic mass is 35.5. The standard InChI is InChI=1S/C20H22ClN3O3S/c1-26-18-7-4-15(21)12-17(18)19(25)23-20(28)22-16-5-2-14(3-6-16)13-24-8-10-27-11-9-24/h2-7,12H,8-11,13H2,1H3,(H2,22,23,25,28). The maximum absolute atomic E-state index is 12.5. The molecule has 0 unspecified atom stereocenters. The van der Waals surface area contributed by atoms with E-state index in [1.165, 1.54) is 12.7 Å². The van der Waals surface area contributed by atoms with Gasteiger partial charge in [0.1, 0.15) is 5.75 Å². The average molecular weight is 420 g/mol. The number of halogens is 1. The topological polar surface area (TPSA) is 62.8 Å². The smallest absolute Gasteiger partial charge is 0.261 e. The van der Waals surface area contributed by atoms with Gasteiger partial charge in [-0.05, 0) is 48.1 Å². The van der Waals surface area contributed by atoms with Gasteiger partial charge in [-0.25, -0.2) is 0 Å². The summed E-state index contributed by atoms with van der Waals surface area (Å²) in [5.41, 5.74) is 2.33. The summed E-state index contributed by atoms with van der Waals surface area (Å²) in [6.45, 7) is 4.35. The Labute approximate surface area is 174 Å². The van der Waals surface area contributed by atoms with Crippen molar-refractivity contribution in [3.8, 4) is 5.75 Å². The maximum Gasteiger partial charge on any atom is 0.261 e. The van der Waals surface area contributed by atoms with Gasteiger partial charge in [0.15, 0.2) is 5.11 Å². The molecule has 0 aliphatic carbocycles. The minimum Gasteiger partial charge on any atom is -0.496 e. The number of hydrogen-bond acceptors (Lipinski definition) is 5. The monoisotopic (exact) mass is 419 g/mol. The number of hydrogen-bond donors (Lipinski definition) is 2. The van der Waals surface area contributed by atoms with Gasteiger partial charge in [0.2, 0.25) is 0 Å². The Bertz CT molecular complexity index is 839. The van der Waals surface area contributed by atoms with Crippen LogP contribution in [0, 0.1) is 0 Å². The molecule has 0 atom stereocenters. The fourth-order valence-corrected chi connectivity index (χ4v) is 3.28. The Morgan fingerprint density at radius 1 is 1.21 bits per heavy atom. The third kappa shape index (κ3) is 5.65. The number of nitrogens with zero attached hydrogens (tertiary/aromatic N) is 1. The van der Waals surface area contributed by atoms with Gasteiger partial charge in [-0.2, -0.15) is 0 Å². The van der Waals surface area contributed by atoms with E-state index >= 15 is 0 Å². The lowest BCUT2D eigenvalue weighted by Crippen LogP contribution is -2.35. The first-order valence-corrected chi connectivity index (χ1v) is 9.68. The number of carbonyl (C=O) groups is 1. The highest BCUT2D eigenvalue weighted by molar-refractivity contribution is 7.80. The number of nitrogens with one attached hydrogen (secondary N) is 2. The quantitative estimate of drug-likeness (QED) is 0.725. The average Bonchev–Trinajstić information content (AvgIpc) is 2.70. The first kappa shape index (κ1) is 20.5. The molecule has 1 aliphatic heterocycles. The molecular weight excluding hydrogens is 398 g/mol. The fourth-order valence-electron chi connectivity index (χ4n) is 2.90. The van der Waals surface area contributed by atoms with Crippen molar-refractivity contribution in [1.82, 2.24) is 10.2 Å². The number of ether oxygens (including phenoxy) is 2. The van der Waals surface area contributed by atoms with Gasteiger partial charge in [-0.3, -0.25) is 15.0 Å². The van der Waals surface area contributed by atoms with E-state index in [0.29, 0.717) is 16.3 Å². The lowest BCUT2D eigenvalue weighted by Gasteiger charge is -2.26. The molecule has 2 aromatic carbocycles. The van der Waals surface area contributed by atoms with Gasteiger partial charge < -0.3 is 14.8 Å². The van der Waals surface area contributed by atoms with Crippen molar-refractivity contribution in [3.05, 3.63) is 58.6 Å². The highest BCUT2D eigenvalue weighted by Gasteiger charge is 2.15. The Hall–Kier alpha value is -2.19. The van der Waals surface area contributed by atoms with Crippen molar-refractivity contribution in [1.29, 1.82) is 0 Å². The van der Waals surface area contributed by atoms with Crippen LogP contribution in [-0.4, -0.2) is 49.3 Å². The second-order valence-electron chi connectivity index (χ2n) is 6.34. The molecule has 2 N–H and O–H groups in total. The van der Waals surface area contributed by atoms with E-state index in [1.54, 1.807) is 18.2 Å². The summed E-state index contributed by atoms with van der Waals surface area (Å²) in [5.74, 6) is 0.0398. The summed E-state index contributed by atoms with van der Waals surface area (Å²) in [6.07, 6.45) is 0. The molecule has 1 amide bonds. The molecule has 8 heteroatoms. The fraction of sp³-hybridized carbons (Fsp3) is 0.300. The SMILES string of the molecule is COc1ccc(Cl)cc1C(=O)NC(=S)Nc1ccc(CN2CCOCC2)cc1. The molecule has 28 heavy (non-hydrogen) atoms. The lowest BCUT2D eigenvalue weighted by atomic mass is 10.2. The van der Waals surface area contributed by atoms with Crippen LogP contribution in [0.25, 0.3) is 0 Å². The van der Waals surface area contributed by atoms with E-state index in [2.05, 4.69) is 15.5 Å². The molecule has 0 aromatic heterocycles. The van der Waals surface area contributed by atoms with Gasteiger partial charge in [0.25, 0.3) is 5.91 Å². The summed E-state index contributed by atoms with van der Waals surface area (Å²) < 4.78 is 10.6. The van der Waals surface area contributed by atoms with Crippen LogP contribution >= 0.6 is 23.8 Å². The van der Waals surface area contributed by atoms with Crippen molar-refractivity contribution in [2.24, 2.45) is 0 Å². The molecule has 0 spiro atoms. The van der Waals surface area contributed by atoms with Crippen molar-refractivity contribution in [3.63, 3.8) is 0 Å².